The topological polar surface area (TPSA) is 70.7 Å². The monoisotopic (exact) mass is 380 g/mol. The maximum Gasteiger partial charge on any atom is 0.434 e. The Labute approximate surface area is 151 Å². The number of ether oxygens (including phenoxy) is 2. The van der Waals surface area contributed by atoms with E-state index in [1.807, 2.05) is 0 Å². The Morgan fingerprint density at radius 2 is 2.15 bits per heavy atom. The third-order valence-electron chi connectivity index (χ3n) is 4.38. The number of hydrogen-bond acceptors (Lipinski definition) is 5. The molecule has 1 aliphatic heterocycles. The molecule has 0 amide bonds. The molecule has 0 aliphatic carbocycles. The van der Waals surface area contributed by atoms with E-state index in [2.05, 4.69) is 10.1 Å². The first kappa shape index (κ1) is 17.5. The average Bonchev–Trinajstić information content (AvgIpc) is 3.05. The zero-order chi connectivity index (χ0) is 19.2. The largest absolute Gasteiger partial charge is 0.497 e. The van der Waals surface area contributed by atoms with Gasteiger partial charge in [0.2, 0.25) is 0 Å². The Bertz CT molecular complexity index is 1050. The summed E-state index contributed by atoms with van der Waals surface area (Å²) >= 11 is 0. The second-order valence-corrected chi connectivity index (χ2v) is 6.29. The lowest BCUT2D eigenvalue weighted by Gasteiger charge is -2.25. The second-order valence-electron chi connectivity index (χ2n) is 6.29. The van der Waals surface area contributed by atoms with Crippen molar-refractivity contribution in [3.63, 3.8) is 0 Å². The predicted molar refractivity (Wildman–Crippen MR) is 88.5 cm³/mol. The van der Waals surface area contributed by atoms with Crippen molar-refractivity contribution in [2.45, 2.75) is 12.7 Å². The highest BCUT2D eigenvalue weighted by molar-refractivity contribution is 5.66. The first-order valence-electron chi connectivity index (χ1n) is 8.15. The summed E-state index contributed by atoms with van der Waals surface area (Å²) in [6, 6.07) is 2.76. The van der Waals surface area contributed by atoms with Crippen molar-refractivity contribution in [1.82, 2.24) is 19.2 Å². The summed E-state index contributed by atoms with van der Waals surface area (Å²) in [7, 11) is 1.38. The van der Waals surface area contributed by atoms with Gasteiger partial charge in [-0.2, -0.15) is 18.3 Å². The first-order valence-corrected chi connectivity index (χ1v) is 8.15. The lowest BCUT2D eigenvalue weighted by Crippen LogP contribution is -2.31. The van der Waals surface area contributed by atoms with Crippen LogP contribution in [0.4, 0.5) is 13.2 Å². The summed E-state index contributed by atoms with van der Waals surface area (Å²) in [6.07, 6.45) is -0.773. The predicted octanol–water partition coefficient (Wildman–Crippen LogP) is 2.23. The summed E-state index contributed by atoms with van der Waals surface area (Å²) < 4.78 is 53.5. The van der Waals surface area contributed by atoms with E-state index in [-0.39, 0.29) is 17.1 Å². The normalized spacial score (nSPS) is 15.1. The van der Waals surface area contributed by atoms with E-state index in [9.17, 15) is 18.0 Å². The third-order valence-corrected chi connectivity index (χ3v) is 4.38. The fraction of sp³-hybridized carbons (Fsp3) is 0.353. The van der Waals surface area contributed by atoms with E-state index in [0.29, 0.717) is 25.5 Å². The van der Waals surface area contributed by atoms with Gasteiger partial charge in [0.15, 0.2) is 5.69 Å². The molecule has 27 heavy (non-hydrogen) atoms. The number of methoxy groups -OCH3 is 1. The Kier molecular flexibility index (Phi) is 4.14. The number of hydrogen-bond donors (Lipinski definition) is 0. The molecule has 4 rings (SSSR count). The molecule has 4 heterocycles. The van der Waals surface area contributed by atoms with Gasteiger partial charge < -0.3 is 9.47 Å². The van der Waals surface area contributed by atoms with Crippen molar-refractivity contribution < 1.29 is 22.6 Å². The Hall–Kier alpha value is -2.88. The van der Waals surface area contributed by atoms with Crippen molar-refractivity contribution in [3.8, 4) is 16.9 Å². The molecule has 0 atom stereocenters. The first-order chi connectivity index (χ1) is 12.9. The van der Waals surface area contributed by atoms with Crippen molar-refractivity contribution >= 4 is 5.65 Å². The van der Waals surface area contributed by atoms with Crippen LogP contribution in [0.2, 0.25) is 0 Å². The second kappa shape index (κ2) is 6.38. The molecule has 0 saturated carbocycles. The molecular formula is C17H15F3N4O3. The van der Waals surface area contributed by atoms with Gasteiger partial charge in [0.05, 0.1) is 32.1 Å². The summed E-state index contributed by atoms with van der Waals surface area (Å²) in [5, 5.41) is 4.08. The fourth-order valence-corrected chi connectivity index (χ4v) is 2.96. The number of halogens is 3. The highest BCUT2D eigenvalue weighted by Crippen LogP contribution is 2.34. The third kappa shape index (κ3) is 3.16. The zero-order valence-electron chi connectivity index (χ0n) is 14.2. The van der Waals surface area contributed by atoms with Crippen LogP contribution in [0.5, 0.6) is 5.75 Å². The fourth-order valence-electron chi connectivity index (χ4n) is 2.96. The molecule has 1 saturated heterocycles. The molecule has 3 aromatic heterocycles. The van der Waals surface area contributed by atoms with Crippen LogP contribution in [-0.4, -0.2) is 39.5 Å². The number of aromatic nitrogens is 4. The maximum atomic E-state index is 13.6. The van der Waals surface area contributed by atoms with Gasteiger partial charge in [-0.15, -0.1) is 0 Å². The van der Waals surface area contributed by atoms with Gasteiger partial charge in [-0.25, -0.2) is 4.98 Å². The van der Waals surface area contributed by atoms with Crippen molar-refractivity contribution in [1.29, 1.82) is 0 Å². The Morgan fingerprint density at radius 3 is 2.78 bits per heavy atom. The minimum absolute atomic E-state index is 0.0743. The van der Waals surface area contributed by atoms with E-state index >= 15 is 0 Å². The van der Waals surface area contributed by atoms with E-state index < -0.39 is 23.0 Å². The number of rotatable bonds is 4. The minimum Gasteiger partial charge on any atom is -0.497 e. The number of nitrogens with zero attached hydrogens (tertiary/aromatic N) is 4. The molecule has 0 N–H and O–H groups in total. The summed E-state index contributed by atoms with van der Waals surface area (Å²) in [5.74, 6) is 0.571. The SMILES string of the molecule is COc1ccn2c(=O)c(-c3cnn(CC4COC4)c3)c(C(F)(F)F)nc2c1. The molecular weight excluding hydrogens is 365 g/mol. The molecule has 0 radical (unpaired) electrons. The molecule has 0 unspecified atom stereocenters. The number of pyridine rings is 1. The molecule has 142 valence electrons. The van der Waals surface area contributed by atoms with E-state index in [1.165, 1.54) is 42.5 Å². The number of alkyl halides is 3. The summed E-state index contributed by atoms with van der Waals surface area (Å²) in [5.41, 5.74) is -2.66. The number of fused-ring (bicyclic) bond motifs is 1. The van der Waals surface area contributed by atoms with Crippen molar-refractivity contribution in [2.75, 3.05) is 20.3 Å². The van der Waals surface area contributed by atoms with Gasteiger partial charge >= 0.3 is 6.18 Å². The molecule has 7 nitrogen and oxygen atoms in total. The lowest BCUT2D eigenvalue weighted by molar-refractivity contribution is -0.140. The van der Waals surface area contributed by atoms with Crippen LogP contribution in [0.3, 0.4) is 0 Å². The van der Waals surface area contributed by atoms with Crippen LogP contribution in [0, 0.1) is 5.92 Å². The molecule has 10 heteroatoms. The van der Waals surface area contributed by atoms with Crippen LogP contribution in [0.1, 0.15) is 5.69 Å². The molecule has 1 fully saturated rings. The van der Waals surface area contributed by atoms with Crippen molar-refractivity contribution in [2.24, 2.45) is 5.92 Å². The average molecular weight is 380 g/mol. The summed E-state index contributed by atoms with van der Waals surface area (Å²) in [6.45, 7) is 1.69. The minimum atomic E-state index is -4.80. The smallest absolute Gasteiger partial charge is 0.434 e. The molecule has 3 aromatic rings. The van der Waals surface area contributed by atoms with Crippen LogP contribution >= 0.6 is 0 Å². The zero-order valence-corrected chi connectivity index (χ0v) is 14.2. The molecule has 0 spiro atoms. The van der Waals surface area contributed by atoms with Crippen LogP contribution in [-0.2, 0) is 17.5 Å². The quantitative estimate of drug-likeness (QED) is 0.694. The van der Waals surface area contributed by atoms with Gasteiger partial charge in [-0.3, -0.25) is 13.9 Å². The van der Waals surface area contributed by atoms with E-state index in [1.54, 1.807) is 0 Å². The van der Waals surface area contributed by atoms with Crippen LogP contribution < -0.4 is 10.3 Å². The van der Waals surface area contributed by atoms with Gasteiger partial charge in [0, 0.05) is 36.5 Å². The Morgan fingerprint density at radius 1 is 1.37 bits per heavy atom. The standard InChI is InChI=1S/C17H15F3N4O3/c1-26-12-2-3-24-13(4-12)22-15(17(18,19)20)14(16(24)25)11-5-21-23(7-11)6-10-8-27-9-10/h2-5,7,10H,6,8-9H2,1H3. The van der Waals surface area contributed by atoms with Gasteiger partial charge in [0.25, 0.3) is 5.56 Å². The highest BCUT2D eigenvalue weighted by Gasteiger charge is 2.38. The van der Waals surface area contributed by atoms with Gasteiger partial charge in [-0.05, 0) is 6.07 Å². The lowest BCUT2D eigenvalue weighted by atomic mass is 10.1. The maximum absolute atomic E-state index is 13.6. The van der Waals surface area contributed by atoms with Crippen LogP contribution in [0.15, 0.2) is 35.5 Å². The highest BCUT2D eigenvalue weighted by atomic mass is 19.4. The van der Waals surface area contributed by atoms with Gasteiger partial charge in [-0.1, -0.05) is 0 Å². The van der Waals surface area contributed by atoms with Crippen LogP contribution in [0.25, 0.3) is 16.8 Å². The van der Waals surface area contributed by atoms with E-state index in [4.69, 9.17) is 9.47 Å². The van der Waals surface area contributed by atoms with Gasteiger partial charge in [0.1, 0.15) is 11.4 Å². The molecule has 0 bridgehead atoms. The molecule has 1 aliphatic rings. The van der Waals surface area contributed by atoms with Crippen molar-refractivity contribution in [3.05, 3.63) is 46.8 Å². The van der Waals surface area contributed by atoms with E-state index in [0.717, 1.165) is 4.40 Å². The Balaban J connectivity index is 1.87. The molecule has 0 aromatic carbocycles. The summed E-state index contributed by atoms with van der Waals surface area (Å²) in [4.78, 5) is 16.5.